The van der Waals surface area contributed by atoms with Crippen molar-refractivity contribution in [3.63, 3.8) is 0 Å². The van der Waals surface area contributed by atoms with Crippen LogP contribution in [0.1, 0.15) is 36.8 Å². The Balaban J connectivity index is 1.90. The van der Waals surface area contributed by atoms with Crippen LogP contribution < -0.4 is 16.4 Å². The Hall–Kier alpha value is -2.52. The van der Waals surface area contributed by atoms with Crippen LogP contribution in [0, 0.1) is 34.7 Å². The van der Waals surface area contributed by atoms with Gasteiger partial charge in [-0.2, -0.15) is 4.98 Å². The number of aryl methyl sites for hydroxylation is 1. The van der Waals surface area contributed by atoms with Crippen LogP contribution in [0.5, 0.6) is 0 Å². The van der Waals surface area contributed by atoms with Gasteiger partial charge in [-0.25, -0.2) is 9.37 Å². The Morgan fingerprint density at radius 2 is 1.97 bits per heavy atom. The van der Waals surface area contributed by atoms with Gasteiger partial charge in [0.2, 0.25) is 11.8 Å². The molecule has 4 N–H and O–H groups in total. The molecule has 0 radical (unpaired) electrons. The van der Waals surface area contributed by atoms with Crippen LogP contribution in [0.4, 0.5) is 21.8 Å². The van der Waals surface area contributed by atoms with Crippen LogP contribution in [0.2, 0.25) is 5.02 Å². The first kappa shape index (κ1) is 22.2. The number of benzene rings is 1. The smallest absolute Gasteiger partial charge is 0.329 e. The highest BCUT2D eigenvalue weighted by atomic mass is 35.5. The molecule has 162 valence electrons. The molecule has 3 rings (SSSR count). The van der Waals surface area contributed by atoms with E-state index in [1.54, 1.807) is 24.0 Å². The van der Waals surface area contributed by atoms with Crippen LogP contribution in [-0.2, 0) is 6.54 Å². The van der Waals surface area contributed by atoms with E-state index >= 15 is 0 Å². The third-order valence-corrected chi connectivity index (χ3v) is 6.13. The van der Waals surface area contributed by atoms with Crippen LogP contribution in [-0.4, -0.2) is 28.0 Å². The minimum absolute atomic E-state index is 0.139. The maximum Gasteiger partial charge on any atom is 0.329 e. The highest BCUT2D eigenvalue weighted by Crippen LogP contribution is 2.32. The summed E-state index contributed by atoms with van der Waals surface area (Å²) in [6.07, 6.45) is 5.15. The van der Waals surface area contributed by atoms with E-state index in [0.717, 1.165) is 31.9 Å². The van der Waals surface area contributed by atoms with Crippen molar-refractivity contribution in [1.82, 2.24) is 9.97 Å². The molecule has 1 saturated carbocycles. The summed E-state index contributed by atoms with van der Waals surface area (Å²) in [5.74, 6) is 0.493. The maximum atomic E-state index is 14.8. The zero-order valence-electron chi connectivity index (χ0n) is 16.9. The number of nitrogens with two attached hydrogens (primary N) is 2. The molecule has 1 aromatic carbocycles. The molecule has 0 unspecified atom stereocenters. The Bertz CT molecular complexity index is 920. The number of aromatic nitrogens is 2. The molecule has 2 aromatic rings. The van der Waals surface area contributed by atoms with E-state index in [2.05, 4.69) is 9.97 Å². The van der Waals surface area contributed by atoms with Gasteiger partial charge in [0.15, 0.2) is 0 Å². The second kappa shape index (κ2) is 9.53. The highest BCUT2D eigenvalue weighted by Gasteiger charge is 2.26. The molecule has 1 aliphatic rings. The monoisotopic (exact) mass is 436 g/mol. The van der Waals surface area contributed by atoms with Gasteiger partial charge < -0.3 is 16.4 Å². The average molecular weight is 437 g/mol. The van der Waals surface area contributed by atoms with Crippen molar-refractivity contribution in [1.29, 1.82) is 0 Å². The third kappa shape index (κ3) is 4.96. The molecule has 0 amide bonds. The lowest BCUT2D eigenvalue weighted by Crippen LogP contribution is -2.34. The van der Waals surface area contributed by atoms with Gasteiger partial charge in [-0.15, -0.1) is 0 Å². The topological polar surface area (TPSA) is 124 Å². The van der Waals surface area contributed by atoms with Crippen LogP contribution in [0.25, 0.3) is 0 Å². The minimum atomic E-state index is -0.630. The van der Waals surface area contributed by atoms with E-state index < -0.39 is 4.92 Å². The van der Waals surface area contributed by atoms with Crippen molar-refractivity contribution in [3.8, 4) is 0 Å². The van der Waals surface area contributed by atoms with Gasteiger partial charge in [0.05, 0.1) is 11.5 Å². The first-order chi connectivity index (χ1) is 14.3. The lowest BCUT2D eigenvalue weighted by molar-refractivity contribution is -0.384. The first-order valence-electron chi connectivity index (χ1n) is 9.95. The van der Waals surface area contributed by atoms with E-state index in [0.29, 0.717) is 41.1 Å². The molecular weight excluding hydrogens is 411 g/mol. The van der Waals surface area contributed by atoms with Crippen LogP contribution in [0.15, 0.2) is 18.3 Å². The largest absolute Gasteiger partial charge is 0.378 e. The zero-order chi connectivity index (χ0) is 21.8. The molecule has 0 aliphatic heterocycles. The fourth-order valence-electron chi connectivity index (χ4n) is 3.90. The van der Waals surface area contributed by atoms with Crippen molar-refractivity contribution < 1.29 is 9.31 Å². The lowest BCUT2D eigenvalue weighted by Gasteiger charge is -2.32. The van der Waals surface area contributed by atoms with Crippen molar-refractivity contribution in [2.75, 3.05) is 23.7 Å². The summed E-state index contributed by atoms with van der Waals surface area (Å²) < 4.78 is 14.8. The standard InChI is InChI=1S/C20H26ClFN6O2/c1-12-2-7-16(21)15(18(12)22)11-27(10-14-5-3-13(8-23)4-6-14)20-25-9-17(28(29)30)19(24)26-20/h2,7,9,13-14H,3-6,8,10-11,23H2,1H3,(H2,24,25,26). The number of nitrogen functional groups attached to an aromatic ring is 1. The number of rotatable bonds is 7. The molecule has 10 heteroatoms. The molecule has 8 nitrogen and oxygen atoms in total. The maximum absolute atomic E-state index is 14.8. The van der Waals surface area contributed by atoms with Crippen molar-refractivity contribution in [2.24, 2.45) is 17.6 Å². The molecule has 1 heterocycles. The summed E-state index contributed by atoms with van der Waals surface area (Å²) in [6.45, 7) is 3.06. The summed E-state index contributed by atoms with van der Waals surface area (Å²) in [5.41, 5.74) is 12.0. The van der Waals surface area contributed by atoms with Gasteiger partial charge in [-0.1, -0.05) is 17.7 Å². The normalized spacial score (nSPS) is 18.9. The van der Waals surface area contributed by atoms with Crippen molar-refractivity contribution in [3.05, 3.63) is 50.4 Å². The van der Waals surface area contributed by atoms with Gasteiger partial charge in [-0.3, -0.25) is 10.1 Å². The molecular formula is C20H26ClFN6O2. The van der Waals surface area contributed by atoms with E-state index in [4.69, 9.17) is 23.1 Å². The number of hydrogen-bond donors (Lipinski definition) is 2. The molecule has 0 spiro atoms. The molecule has 30 heavy (non-hydrogen) atoms. The number of anilines is 2. The predicted molar refractivity (Wildman–Crippen MR) is 115 cm³/mol. The summed E-state index contributed by atoms with van der Waals surface area (Å²) in [7, 11) is 0. The lowest BCUT2D eigenvalue weighted by atomic mass is 9.82. The van der Waals surface area contributed by atoms with Gasteiger partial charge in [0.1, 0.15) is 12.0 Å². The van der Waals surface area contributed by atoms with Crippen molar-refractivity contribution >= 4 is 29.1 Å². The summed E-state index contributed by atoms with van der Waals surface area (Å²) in [6, 6.07) is 3.28. The summed E-state index contributed by atoms with van der Waals surface area (Å²) in [5, 5.41) is 11.4. The molecule has 1 aliphatic carbocycles. The predicted octanol–water partition coefficient (Wildman–Crippen LogP) is 3.84. The molecule has 0 bridgehead atoms. The first-order valence-corrected chi connectivity index (χ1v) is 10.3. The van der Waals surface area contributed by atoms with Gasteiger partial charge >= 0.3 is 5.69 Å². The Morgan fingerprint density at radius 1 is 1.30 bits per heavy atom. The molecule has 0 atom stereocenters. The van der Waals surface area contributed by atoms with E-state index in [-0.39, 0.29) is 29.8 Å². The molecule has 1 fully saturated rings. The number of nitro groups is 1. The van der Waals surface area contributed by atoms with Gasteiger partial charge in [0, 0.05) is 17.1 Å². The Kier molecular flexibility index (Phi) is 7.04. The van der Waals surface area contributed by atoms with E-state index in [9.17, 15) is 14.5 Å². The zero-order valence-corrected chi connectivity index (χ0v) is 17.6. The summed E-state index contributed by atoms with van der Waals surface area (Å²) in [4.78, 5) is 20.5. The van der Waals surface area contributed by atoms with Gasteiger partial charge in [-0.05, 0) is 62.6 Å². The average Bonchev–Trinajstić information content (AvgIpc) is 2.73. The fourth-order valence-corrected chi connectivity index (χ4v) is 4.11. The second-order valence-corrected chi connectivity index (χ2v) is 8.26. The Labute approximate surface area is 179 Å². The quantitative estimate of drug-likeness (QED) is 0.499. The second-order valence-electron chi connectivity index (χ2n) is 7.86. The fraction of sp³-hybridized carbons (Fsp3) is 0.500. The number of hydrogen-bond acceptors (Lipinski definition) is 7. The van der Waals surface area contributed by atoms with E-state index in [1.165, 1.54) is 0 Å². The molecule has 1 aromatic heterocycles. The number of nitrogens with zero attached hydrogens (tertiary/aromatic N) is 4. The summed E-state index contributed by atoms with van der Waals surface area (Å²) >= 11 is 6.28. The molecule has 0 saturated heterocycles. The minimum Gasteiger partial charge on any atom is -0.378 e. The highest BCUT2D eigenvalue weighted by molar-refractivity contribution is 6.31. The third-order valence-electron chi connectivity index (χ3n) is 5.77. The van der Waals surface area contributed by atoms with Crippen molar-refractivity contribution in [2.45, 2.75) is 39.2 Å². The Morgan fingerprint density at radius 3 is 2.57 bits per heavy atom. The van der Waals surface area contributed by atoms with Crippen LogP contribution >= 0.6 is 11.6 Å². The van der Waals surface area contributed by atoms with Crippen LogP contribution in [0.3, 0.4) is 0 Å². The van der Waals surface area contributed by atoms with Gasteiger partial charge in [0.25, 0.3) is 0 Å². The SMILES string of the molecule is Cc1ccc(Cl)c(CN(CC2CCC(CN)CC2)c2ncc([N+](=O)[O-])c(N)n2)c1F. The van der Waals surface area contributed by atoms with E-state index in [1.807, 2.05) is 0 Å². The number of halogens is 2.